The highest BCUT2D eigenvalue weighted by Gasteiger charge is 2.27. The first-order chi connectivity index (χ1) is 11.0. The van der Waals surface area contributed by atoms with Crippen molar-refractivity contribution in [2.24, 2.45) is 0 Å². The maximum Gasteiger partial charge on any atom is 0.266 e. The third-order valence-corrected chi connectivity index (χ3v) is 4.24. The van der Waals surface area contributed by atoms with Gasteiger partial charge in [-0.3, -0.25) is 4.79 Å². The second-order valence-electron chi connectivity index (χ2n) is 5.51. The highest BCUT2D eigenvalue weighted by molar-refractivity contribution is 7.98. The van der Waals surface area contributed by atoms with E-state index in [2.05, 4.69) is 5.32 Å². The highest BCUT2D eigenvalue weighted by Crippen LogP contribution is 2.19. The zero-order valence-electron chi connectivity index (χ0n) is 13.6. The van der Waals surface area contributed by atoms with Crippen LogP contribution >= 0.6 is 11.8 Å². The average Bonchev–Trinajstić information content (AvgIpc) is 2.54. The van der Waals surface area contributed by atoms with E-state index < -0.39 is 0 Å². The number of morpholine rings is 1. The van der Waals surface area contributed by atoms with E-state index >= 15 is 0 Å². The van der Waals surface area contributed by atoms with Crippen LogP contribution in [0.15, 0.2) is 40.9 Å². The van der Waals surface area contributed by atoms with Crippen LogP contribution in [0.25, 0.3) is 0 Å². The summed E-state index contributed by atoms with van der Waals surface area (Å²) in [4.78, 5) is 15.3. The zero-order valence-corrected chi connectivity index (χ0v) is 14.4. The van der Waals surface area contributed by atoms with Crippen molar-refractivity contribution in [1.29, 1.82) is 5.26 Å². The fourth-order valence-electron chi connectivity index (χ4n) is 2.52. The Morgan fingerprint density at radius 3 is 2.74 bits per heavy atom. The number of carbonyl (C=O) groups is 1. The topological polar surface area (TPSA) is 65.4 Å². The van der Waals surface area contributed by atoms with Crippen LogP contribution < -0.4 is 5.32 Å². The monoisotopic (exact) mass is 331 g/mol. The van der Waals surface area contributed by atoms with Crippen molar-refractivity contribution < 1.29 is 9.53 Å². The van der Waals surface area contributed by atoms with E-state index in [4.69, 9.17) is 4.74 Å². The van der Waals surface area contributed by atoms with Gasteiger partial charge in [0.1, 0.15) is 11.6 Å². The van der Waals surface area contributed by atoms with Crippen LogP contribution in [0.4, 0.5) is 5.69 Å². The van der Waals surface area contributed by atoms with Crippen LogP contribution in [0.5, 0.6) is 0 Å². The molecule has 2 unspecified atom stereocenters. The van der Waals surface area contributed by atoms with E-state index in [0.29, 0.717) is 13.1 Å². The number of hydrogen-bond acceptors (Lipinski definition) is 5. The Labute approximate surface area is 141 Å². The van der Waals surface area contributed by atoms with Gasteiger partial charge >= 0.3 is 0 Å². The molecule has 1 heterocycles. The fourth-order valence-corrected chi connectivity index (χ4v) is 2.98. The van der Waals surface area contributed by atoms with Gasteiger partial charge in [-0.25, -0.2) is 0 Å². The first-order valence-electron chi connectivity index (χ1n) is 7.49. The van der Waals surface area contributed by atoms with Crippen molar-refractivity contribution in [1.82, 2.24) is 4.90 Å². The normalized spacial score (nSPS) is 21.7. The predicted molar refractivity (Wildman–Crippen MR) is 92.1 cm³/mol. The number of amides is 1. The molecule has 122 valence electrons. The van der Waals surface area contributed by atoms with Crippen molar-refractivity contribution >= 4 is 23.4 Å². The molecular formula is C17H21N3O2S. The molecule has 23 heavy (non-hydrogen) atoms. The van der Waals surface area contributed by atoms with Gasteiger partial charge in [0, 0.05) is 29.9 Å². The quantitative estimate of drug-likeness (QED) is 0.522. The molecule has 1 aliphatic rings. The molecule has 1 aromatic carbocycles. The lowest BCUT2D eigenvalue weighted by molar-refractivity contribution is -0.138. The molecule has 0 aromatic heterocycles. The lowest BCUT2D eigenvalue weighted by Gasteiger charge is -2.35. The fraction of sp³-hybridized carbons (Fsp3) is 0.412. The molecule has 5 nitrogen and oxygen atoms in total. The van der Waals surface area contributed by atoms with Crippen LogP contribution in [0.2, 0.25) is 0 Å². The minimum atomic E-state index is -0.261. The number of benzene rings is 1. The molecule has 1 amide bonds. The van der Waals surface area contributed by atoms with E-state index in [9.17, 15) is 10.1 Å². The molecule has 1 saturated heterocycles. The molecule has 2 atom stereocenters. The second-order valence-corrected chi connectivity index (χ2v) is 6.39. The third-order valence-electron chi connectivity index (χ3n) is 3.51. The van der Waals surface area contributed by atoms with Gasteiger partial charge < -0.3 is 15.0 Å². The standard InChI is InChI=1S/C17H21N3O2S/c1-12-10-20(11-13(2)22-12)17(21)14(8-18)9-19-15-5-4-6-16(7-15)23-3/h4-7,9,12-13,19H,10-11H2,1-3H3/b14-9-. The number of carbonyl (C=O) groups excluding carboxylic acids is 1. The highest BCUT2D eigenvalue weighted by atomic mass is 32.2. The molecule has 1 aliphatic heterocycles. The van der Waals surface area contributed by atoms with Gasteiger partial charge in [-0.2, -0.15) is 5.26 Å². The number of nitriles is 1. The zero-order chi connectivity index (χ0) is 16.8. The van der Waals surface area contributed by atoms with E-state index in [1.54, 1.807) is 16.7 Å². The first kappa shape index (κ1) is 17.4. The van der Waals surface area contributed by atoms with E-state index in [-0.39, 0.29) is 23.7 Å². The van der Waals surface area contributed by atoms with Crippen molar-refractivity contribution in [2.45, 2.75) is 31.0 Å². The van der Waals surface area contributed by atoms with Crippen LogP contribution in [-0.2, 0) is 9.53 Å². The number of thioether (sulfide) groups is 1. The Balaban J connectivity index is 2.08. The minimum absolute atomic E-state index is 0.0196. The lowest BCUT2D eigenvalue weighted by Crippen LogP contribution is -2.48. The Morgan fingerprint density at radius 2 is 2.13 bits per heavy atom. The minimum Gasteiger partial charge on any atom is -0.372 e. The largest absolute Gasteiger partial charge is 0.372 e. The maximum atomic E-state index is 12.5. The number of rotatable bonds is 4. The smallest absolute Gasteiger partial charge is 0.266 e. The number of anilines is 1. The van der Waals surface area contributed by atoms with Gasteiger partial charge in [0.2, 0.25) is 0 Å². The molecule has 0 radical (unpaired) electrons. The molecule has 0 bridgehead atoms. The van der Waals surface area contributed by atoms with Gasteiger partial charge in [0.25, 0.3) is 5.91 Å². The van der Waals surface area contributed by atoms with Crippen molar-refractivity contribution in [3.05, 3.63) is 36.0 Å². The van der Waals surface area contributed by atoms with Crippen LogP contribution in [0, 0.1) is 11.3 Å². The lowest BCUT2D eigenvalue weighted by atomic mass is 10.2. The Hall–Kier alpha value is -1.97. The summed E-state index contributed by atoms with van der Waals surface area (Å²) in [5.74, 6) is -0.261. The maximum absolute atomic E-state index is 12.5. The summed E-state index contributed by atoms with van der Waals surface area (Å²) in [6.45, 7) is 4.87. The summed E-state index contributed by atoms with van der Waals surface area (Å²) in [7, 11) is 0. The summed E-state index contributed by atoms with van der Waals surface area (Å²) in [6.07, 6.45) is 3.44. The molecule has 1 aromatic rings. The van der Waals surface area contributed by atoms with Crippen molar-refractivity contribution in [2.75, 3.05) is 24.7 Å². The molecule has 2 rings (SSSR count). The molecule has 1 N–H and O–H groups in total. The molecule has 0 spiro atoms. The van der Waals surface area contributed by atoms with Gasteiger partial charge in [0.15, 0.2) is 0 Å². The summed E-state index contributed by atoms with van der Waals surface area (Å²) < 4.78 is 5.62. The summed E-state index contributed by atoms with van der Waals surface area (Å²) in [5.41, 5.74) is 0.946. The van der Waals surface area contributed by atoms with Gasteiger partial charge in [-0.1, -0.05) is 6.07 Å². The predicted octanol–water partition coefficient (Wildman–Crippen LogP) is 2.86. The van der Waals surface area contributed by atoms with E-state index in [0.717, 1.165) is 10.6 Å². The molecule has 1 fully saturated rings. The summed E-state index contributed by atoms with van der Waals surface area (Å²) in [5, 5.41) is 12.3. The number of nitrogens with one attached hydrogen (secondary N) is 1. The van der Waals surface area contributed by atoms with E-state index in [1.807, 2.05) is 50.4 Å². The van der Waals surface area contributed by atoms with Crippen LogP contribution in [0.1, 0.15) is 13.8 Å². The summed E-state index contributed by atoms with van der Waals surface area (Å²) >= 11 is 1.64. The van der Waals surface area contributed by atoms with Crippen molar-refractivity contribution in [3.63, 3.8) is 0 Å². The van der Waals surface area contributed by atoms with Gasteiger partial charge in [0.05, 0.1) is 12.2 Å². The van der Waals surface area contributed by atoms with Crippen LogP contribution in [-0.4, -0.2) is 42.4 Å². The summed E-state index contributed by atoms with van der Waals surface area (Å²) in [6, 6.07) is 9.80. The molecular weight excluding hydrogens is 310 g/mol. The number of ether oxygens (including phenoxy) is 1. The molecule has 0 saturated carbocycles. The number of nitrogens with zero attached hydrogens (tertiary/aromatic N) is 2. The van der Waals surface area contributed by atoms with Gasteiger partial charge in [-0.05, 0) is 38.3 Å². The Kier molecular flexibility index (Phi) is 6.08. The van der Waals surface area contributed by atoms with E-state index in [1.165, 1.54) is 6.20 Å². The average molecular weight is 331 g/mol. The first-order valence-corrected chi connectivity index (χ1v) is 8.71. The SMILES string of the molecule is CSc1cccc(N/C=C(/C#N)C(=O)N2CC(C)OC(C)C2)c1. The Morgan fingerprint density at radius 1 is 1.43 bits per heavy atom. The van der Waals surface area contributed by atoms with Crippen LogP contribution in [0.3, 0.4) is 0 Å². The van der Waals surface area contributed by atoms with Gasteiger partial charge in [-0.15, -0.1) is 11.8 Å². The second kappa shape index (κ2) is 8.04. The third kappa shape index (κ3) is 4.75. The molecule has 6 heteroatoms. The molecule has 0 aliphatic carbocycles. The number of hydrogen-bond donors (Lipinski definition) is 1. The Bertz CT molecular complexity index is 629. The van der Waals surface area contributed by atoms with Crippen molar-refractivity contribution in [3.8, 4) is 6.07 Å².